The van der Waals surface area contributed by atoms with Crippen LogP contribution < -0.4 is 5.32 Å². The summed E-state index contributed by atoms with van der Waals surface area (Å²) in [4.78, 5) is 14.4. The van der Waals surface area contributed by atoms with Crippen molar-refractivity contribution in [2.45, 2.75) is 52.0 Å². The Morgan fingerprint density at radius 2 is 2.05 bits per heavy atom. The number of nitrogens with one attached hydrogen (secondary N) is 1. The molecule has 0 aromatic rings. The fourth-order valence-corrected chi connectivity index (χ4v) is 3.69. The first-order valence-electron chi connectivity index (χ1n) is 7.81. The molecular formula is C15H28N2O2. The van der Waals surface area contributed by atoms with E-state index >= 15 is 0 Å². The maximum absolute atomic E-state index is 11.9. The van der Waals surface area contributed by atoms with Crippen LogP contribution in [0.3, 0.4) is 0 Å². The number of ether oxygens (including phenoxy) is 1. The summed E-state index contributed by atoms with van der Waals surface area (Å²) in [6, 6.07) is -0.165. The van der Waals surface area contributed by atoms with Crippen LogP contribution in [0.1, 0.15) is 46.0 Å². The van der Waals surface area contributed by atoms with E-state index in [9.17, 15) is 4.79 Å². The minimum atomic E-state index is -0.165. The third kappa shape index (κ3) is 3.69. The molecule has 4 nitrogen and oxygen atoms in total. The Kier molecular flexibility index (Phi) is 5.22. The highest BCUT2D eigenvalue weighted by Gasteiger charge is 2.40. The molecular weight excluding hydrogens is 240 g/mol. The van der Waals surface area contributed by atoms with E-state index in [0.717, 1.165) is 19.6 Å². The second-order valence-corrected chi connectivity index (χ2v) is 6.05. The van der Waals surface area contributed by atoms with E-state index in [0.29, 0.717) is 12.0 Å². The molecule has 19 heavy (non-hydrogen) atoms. The van der Waals surface area contributed by atoms with E-state index in [-0.39, 0.29) is 12.0 Å². The molecule has 1 saturated carbocycles. The highest BCUT2D eigenvalue weighted by atomic mass is 16.5. The van der Waals surface area contributed by atoms with Crippen molar-refractivity contribution in [1.29, 1.82) is 0 Å². The van der Waals surface area contributed by atoms with Gasteiger partial charge in [0.15, 0.2) is 0 Å². The van der Waals surface area contributed by atoms with Gasteiger partial charge in [-0.25, -0.2) is 0 Å². The van der Waals surface area contributed by atoms with Crippen LogP contribution in [0.25, 0.3) is 0 Å². The molecule has 2 fully saturated rings. The average Bonchev–Trinajstić information content (AvgIpc) is 3.00. The molecule has 1 aliphatic heterocycles. The van der Waals surface area contributed by atoms with Crippen molar-refractivity contribution in [2.75, 3.05) is 32.8 Å². The number of nitrogens with zero attached hydrogens (tertiary/aromatic N) is 1. The fourth-order valence-electron chi connectivity index (χ4n) is 3.69. The fraction of sp³-hybridized carbons (Fsp3) is 0.933. The van der Waals surface area contributed by atoms with Gasteiger partial charge in [0.2, 0.25) is 0 Å². The monoisotopic (exact) mass is 268 g/mol. The minimum Gasteiger partial charge on any atom is -0.465 e. The van der Waals surface area contributed by atoms with E-state index in [1.165, 1.54) is 38.6 Å². The quantitative estimate of drug-likeness (QED) is 0.746. The van der Waals surface area contributed by atoms with Crippen molar-refractivity contribution in [3.8, 4) is 0 Å². The zero-order valence-electron chi connectivity index (χ0n) is 12.4. The molecule has 1 spiro atoms. The summed E-state index contributed by atoms with van der Waals surface area (Å²) >= 11 is 0. The van der Waals surface area contributed by atoms with Crippen LogP contribution in [0.5, 0.6) is 0 Å². The van der Waals surface area contributed by atoms with Crippen LogP contribution in [-0.4, -0.2) is 49.7 Å². The molecule has 0 bridgehead atoms. The maximum atomic E-state index is 11.9. The Bertz CT molecular complexity index is 301. The second-order valence-electron chi connectivity index (χ2n) is 6.05. The molecule has 1 N–H and O–H groups in total. The van der Waals surface area contributed by atoms with Gasteiger partial charge in [-0.2, -0.15) is 0 Å². The Labute approximate surface area is 116 Å². The number of rotatable bonds is 6. The molecule has 0 aromatic carbocycles. The van der Waals surface area contributed by atoms with Gasteiger partial charge in [0, 0.05) is 13.1 Å². The number of carbonyl (C=O) groups excluding carboxylic acids is 1. The lowest BCUT2D eigenvalue weighted by Crippen LogP contribution is -2.46. The van der Waals surface area contributed by atoms with Crippen LogP contribution in [0.4, 0.5) is 0 Å². The SMILES string of the molecule is CCNC(CN1CCC2(CCCC2)C1)C(=O)OCC. The van der Waals surface area contributed by atoms with Crippen molar-refractivity contribution in [3.05, 3.63) is 0 Å². The van der Waals surface area contributed by atoms with E-state index in [2.05, 4.69) is 10.2 Å². The standard InChI is InChI=1S/C15H28N2O2/c1-3-16-13(14(18)19-4-2)11-17-10-9-15(12-17)7-5-6-8-15/h13,16H,3-12H2,1-2H3. The molecule has 1 aliphatic carbocycles. The molecule has 1 saturated heterocycles. The van der Waals surface area contributed by atoms with Gasteiger partial charge in [-0.3, -0.25) is 4.79 Å². The van der Waals surface area contributed by atoms with Crippen molar-refractivity contribution in [2.24, 2.45) is 5.41 Å². The van der Waals surface area contributed by atoms with Crippen LogP contribution in [0, 0.1) is 5.41 Å². The number of hydrogen-bond donors (Lipinski definition) is 1. The highest BCUT2D eigenvalue weighted by molar-refractivity contribution is 5.76. The van der Waals surface area contributed by atoms with E-state index in [4.69, 9.17) is 4.74 Å². The predicted molar refractivity (Wildman–Crippen MR) is 76.1 cm³/mol. The molecule has 2 rings (SSSR count). The molecule has 1 atom stereocenters. The number of likely N-dealkylation sites (N-methyl/N-ethyl adjacent to an activating group) is 1. The zero-order chi connectivity index (χ0) is 13.7. The first kappa shape index (κ1) is 14.8. The minimum absolute atomic E-state index is 0.100. The molecule has 0 aromatic heterocycles. The van der Waals surface area contributed by atoms with E-state index in [1.54, 1.807) is 0 Å². The van der Waals surface area contributed by atoms with Crippen LogP contribution in [0.2, 0.25) is 0 Å². The van der Waals surface area contributed by atoms with Crippen molar-refractivity contribution < 1.29 is 9.53 Å². The van der Waals surface area contributed by atoms with E-state index in [1.807, 2.05) is 13.8 Å². The van der Waals surface area contributed by atoms with Gasteiger partial charge in [-0.05, 0) is 44.7 Å². The number of carbonyl (C=O) groups is 1. The van der Waals surface area contributed by atoms with Gasteiger partial charge >= 0.3 is 5.97 Å². The normalized spacial score (nSPS) is 23.9. The van der Waals surface area contributed by atoms with Crippen molar-refractivity contribution in [1.82, 2.24) is 10.2 Å². The molecule has 110 valence electrons. The Balaban J connectivity index is 1.85. The largest absolute Gasteiger partial charge is 0.465 e. The number of likely N-dealkylation sites (tertiary alicyclic amines) is 1. The lowest BCUT2D eigenvalue weighted by atomic mass is 9.86. The molecule has 4 heteroatoms. The Morgan fingerprint density at radius 3 is 2.68 bits per heavy atom. The first-order valence-corrected chi connectivity index (χ1v) is 7.81. The molecule has 0 amide bonds. The van der Waals surface area contributed by atoms with Gasteiger partial charge in [-0.1, -0.05) is 19.8 Å². The second kappa shape index (κ2) is 6.71. The van der Waals surface area contributed by atoms with E-state index < -0.39 is 0 Å². The summed E-state index contributed by atoms with van der Waals surface area (Å²) in [5.41, 5.74) is 0.575. The Hall–Kier alpha value is -0.610. The lowest BCUT2D eigenvalue weighted by Gasteiger charge is -2.26. The Morgan fingerprint density at radius 1 is 1.32 bits per heavy atom. The summed E-state index contributed by atoms with van der Waals surface area (Å²) in [5.74, 6) is -0.100. The molecule has 1 unspecified atom stereocenters. The van der Waals surface area contributed by atoms with Crippen LogP contribution in [-0.2, 0) is 9.53 Å². The summed E-state index contributed by atoms with van der Waals surface area (Å²) < 4.78 is 5.16. The third-order valence-corrected chi connectivity index (χ3v) is 4.64. The third-order valence-electron chi connectivity index (χ3n) is 4.64. The molecule has 1 heterocycles. The smallest absolute Gasteiger partial charge is 0.324 e. The molecule has 2 aliphatic rings. The summed E-state index contributed by atoms with van der Waals surface area (Å²) in [6.45, 7) is 8.29. The van der Waals surface area contributed by atoms with Crippen LogP contribution in [0.15, 0.2) is 0 Å². The highest BCUT2D eigenvalue weighted by Crippen LogP contribution is 2.45. The predicted octanol–water partition coefficient (Wildman–Crippen LogP) is 1.79. The topological polar surface area (TPSA) is 41.6 Å². The zero-order valence-corrected chi connectivity index (χ0v) is 12.4. The first-order chi connectivity index (χ1) is 9.19. The van der Waals surface area contributed by atoms with Gasteiger partial charge in [0.1, 0.15) is 6.04 Å². The number of esters is 1. The van der Waals surface area contributed by atoms with Gasteiger partial charge in [0.05, 0.1) is 6.61 Å². The summed E-state index contributed by atoms with van der Waals surface area (Å²) in [5, 5.41) is 3.26. The summed E-state index contributed by atoms with van der Waals surface area (Å²) in [6.07, 6.45) is 6.86. The lowest BCUT2D eigenvalue weighted by molar-refractivity contribution is -0.146. The van der Waals surface area contributed by atoms with Crippen molar-refractivity contribution >= 4 is 5.97 Å². The van der Waals surface area contributed by atoms with Crippen molar-refractivity contribution in [3.63, 3.8) is 0 Å². The maximum Gasteiger partial charge on any atom is 0.324 e. The summed E-state index contributed by atoms with van der Waals surface area (Å²) in [7, 11) is 0. The molecule has 0 radical (unpaired) electrons. The van der Waals surface area contributed by atoms with Crippen LogP contribution >= 0.6 is 0 Å². The number of hydrogen-bond acceptors (Lipinski definition) is 4. The average molecular weight is 268 g/mol. The van der Waals surface area contributed by atoms with Gasteiger partial charge in [0.25, 0.3) is 0 Å². The van der Waals surface area contributed by atoms with Gasteiger partial charge in [-0.15, -0.1) is 0 Å². The van der Waals surface area contributed by atoms with Gasteiger partial charge < -0.3 is 15.0 Å².